The minimum absolute atomic E-state index is 0. The summed E-state index contributed by atoms with van der Waals surface area (Å²) in [4.78, 5) is 8.79. The number of nitrogens with zero attached hydrogens (tertiary/aromatic N) is 5. The predicted molar refractivity (Wildman–Crippen MR) is 140 cm³/mol. The molecular weight excluding hydrogens is 521 g/mol. The normalized spacial score (nSPS) is 16.6. The Labute approximate surface area is 208 Å². The zero-order chi connectivity index (χ0) is 21.3. The van der Waals surface area contributed by atoms with Gasteiger partial charge < -0.3 is 15.2 Å². The molecule has 1 unspecified atom stereocenters. The SMILES string of the molecule is Cc1nnc(CN=C(NCc2cccs2)NCC(C(C)C)N2CCCCCC2)n1C.I. The summed E-state index contributed by atoms with van der Waals surface area (Å²) in [6.07, 6.45) is 5.35. The van der Waals surface area contributed by atoms with Crippen LogP contribution in [0.15, 0.2) is 22.5 Å². The van der Waals surface area contributed by atoms with Crippen LogP contribution in [0.25, 0.3) is 0 Å². The van der Waals surface area contributed by atoms with Crippen LogP contribution >= 0.6 is 35.3 Å². The maximum Gasteiger partial charge on any atom is 0.192 e. The van der Waals surface area contributed by atoms with Crippen LogP contribution in [0.5, 0.6) is 0 Å². The van der Waals surface area contributed by atoms with E-state index in [1.807, 2.05) is 18.5 Å². The van der Waals surface area contributed by atoms with E-state index in [-0.39, 0.29) is 24.0 Å². The Hall–Kier alpha value is -1.20. The number of nitrogens with one attached hydrogen (secondary N) is 2. The molecule has 0 amide bonds. The van der Waals surface area contributed by atoms with Crippen molar-refractivity contribution < 1.29 is 0 Å². The molecule has 0 saturated carbocycles. The van der Waals surface area contributed by atoms with Crippen molar-refractivity contribution >= 4 is 41.3 Å². The van der Waals surface area contributed by atoms with Crippen molar-refractivity contribution in [3.63, 3.8) is 0 Å². The molecule has 2 N–H and O–H groups in total. The van der Waals surface area contributed by atoms with E-state index in [4.69, 9.17) is 4.99 Å². The lowest BCUT2D eigenvalue weighted by molar-refractivity contribution is 0.161. The molecule has 0 bridgehead atoms. The highest BCUT2D eigenvalue weighted by Gasteiger charge is 2.23. The minimum Gasteiger partial charge on any atom is -0.355 e. The largest absolute Gasteiger partial charge is 0.355 e. The molecule has 7 nitrogen and oxygen atoms in total. The molecule has 2 aromatic heterocycles. The Morgan fingerprint density at radius 1 is 1.16 bits per heavy atom. The number of thiophene rings is 1. The number of aromatic nitrogens is 3. The molecular formula is C22H38IN7S. The van der Waals surface area contributed by atoms with E-state index in [1.165, 1.54) is 43.6 Å². The average Bonchev–Trinajstić information content (AvgIpc) is 3.26. The van der Waals surface area contributed by atoms with Crippen molar-refractivity contribution in [2.75, 3.05) is 19.6 Å². The molecule has 0 aliphatic carbocycles. The summed E-state index contributed by atoms with van der Waals surface area (Å²) in [6, 6.07) is 4.74. The summed E-state index contributed by atoms with van der Waals surface area (Å²) in [5.41, 5.74) is 0. The Morgan fingerprint density at radius 3 is 2.48 bits per heavy atom. The second kappa shape index (κ2) is 13.4. The molecule has 1 atom stereocenters. The average molecular weight is 560 g/mol. The fourth-order valence-corrected chi connectivity index (χ4v) is 4.56. The second-order valence-electron chi connectivity index (χ2n) is 8.46. The first-order chi connectivity index (χ1) is 14.5. The van der Waals surface area contributed by atoms with Gasteiger partial charge in [0.15, 0.2) is 11.8 Å². The van der Waals surface area contributed by atoms with Gasteiger partial charge in [-0.05, 0) is 50.2 Å². The molecule has 1 aliphatic rings. The number of aryl methyl sites for hydroxylation is 1. The first-order valence-electron chi connectivity index (χ1n) is 11.2. The summed E-state index contributed by atoms with van der Waals surface area (Å²) >= 11 is 1.76. The summed E-state index contributed by atoms with van der Waals surface area (Å²) in [5.74, 6) is 3.21. The lowest BCUT2D eigenvalue weighted by atomic mass is 10.0. The number of likely N-dealkylation sites (tertiary alicyclic amines) is 1. The van der Waals surface area contributed by atoms with Gasteiger partial charge in [-0.15, -0.1) is 45.5 Å². The zero-order valence-corrected chi connectivity index (χ0v) is 22.5. The van der Waals surface area contributed by atoms with E-state index in [2.05, 4.69) is 57.1 Å². The van der Waals surface area contributed by atoms with Crippen molar-refractivity contribution in [1.29, 1.82) is 0 Å². The maximum absolute atomic E-state index is 4.82. The molecule has 1 aliphatic heterocycles. The number of hydrogen-bond donors (Lipinski definition) is 2. The van der Waals surface area contributed by atoms with Gasteiger partial charge in [0.05, 0.1) is 6.54 Å². The van der Waals surface area contributed by atoms with Crippen molar-refractivity contribution in [3.05, 3.63) is 34.0 Å². The molecule has 3 rings (SSSR count). The fraction of sp³-hybridized carbons (Fsp3) is 0.682. The topological polar surface area (TPSA) is 70.4 Å². The van der Waals surface area contributed by atoms with Gasteiger partial charge >= 0.3 is 0 Å². The fourth-order valence-electron chi connectivity index (χ4n) is 3.91. The third kappa shape index (κ3) is 8.02. The van der Waals surface area contributed by atoms with Crippen LogP contribution in [0.3, 0.4) is 0 Å². The molecule has 31 heavy (non-hydrogen) atoms. The van der Waals surface area contributed by atoms with Crippen LogP contribution in [-0.2, 0) is 20.1 Å². The van der Waals surface area contributed by atoms with Crippen LogP contribution < -0.4 is 10.6 Å². The second-order valence-corrected chi connectivity index (χ2v) is 9.49. The molecule has 1 saturated heterocycles. The number of rotatable bonds is 8. The Balaban J connectivity index is 0.00000341. The zero-order valence-electron chi connectivity index (χ0n) is 19.3. The lowest BCUT2D eigenvalue weighted by Gasteiger charge is -2.34. The minimum atomic E-state index is 0. The van der Waals surface area contributed by atoms with Crippen molar-refractivity contribution in [3.8, 4) is 0 Å². The van der Waals surface area contributed by atoms with Crippen LogP contribution in [0.4, 0.5) is 0 Å². The van der Waals surface area contributed by atoms with Gasteiger partial charge in [0, 0.05) is 24.5 Å². The number of aliphatic imine (C=N–C) groups is 1. The molecule has 3 heterocycles. The van der Waals surface area contributed by atoms with Crippen LogP contribution in [0.1, 0.15) is 56.1 Å². The summed E-state index contributed by atoms with van der Waals surface area (Å²) in [5, 5.41) is 17.6. The molecule has 9 heteroatoms. The molecule has 0 radical (unpaired) electrons. The molecule has 2 aromatic rings. The van der Waals surface area contributed by atoms with Gasteiger partial charge in [-0.25, -0.2) is 4.99 Å². The lowest BCUT2D eigenvalue weighted by Crippen LogP contribution is -2.49. The highest BCUT2D eigenvalue weighted by molar-refractivity contribution is 14.0. The molecule has 174 valence electrons. The van der Waals surface area contributed by atoms with Gasteiger partial charge in [0.25, 0.3) is 0 Å². The van der Waals surface area contributed by atoms with Crippen molar-refractivity contribution in [1.82, 2.24) is 30.3 Å². The smallest absolute Gasteiger partial charge is 0.192 e. The first kappa shape index (κ1) is 26.1. The molecule has 0 spiro atoms. The van der Waals surface area contributed by atoms with Crippen LogP contribution in [-0.4, -0.2) is 51.3 Å². The van der Waals surface area contributed by atoms with Gasteiger partial charge in [-0.1, -0.05) is 32.8 Å². The standard InChI is InChI=1S/C22H37N7S.HI/c1-17(2)20(29-11-7-5-6-8-12-29)15-24-22(23-14-19-10-9-13-30-19)25-16-21-27-26-18(3)28(21)4;/h9-10,13,17,20H,5-8,11-12,14-16H2,1-4H3,(H2,23,24,25);1H. The number of halogens is 1. The van der Waals surface area contributed by atoms with E-state index in [0.717, 1.165) is 30.7 Å². The van der Waals surface area contributed by atoms with Gasteiger partial charge in [0.1, 0.15) is 12.4 Å². The molecule has 1 fully saturated rings. The maximum atomic E-state index is 4.82. The highest BCUT2D eigenvalue weighted by atomic mass is 127. The summed E-state index contributed by atoms with van der Waals surface area (Å²) in [6.45, 7) is 11.2. The third-order valence-electron chi connectivity index (χ3n) is 5.93. The van der Waals surface area contributed by atoms with Crippen LogP contribution in [0.2, 0.25) is 0 Å². The van der Waals surface area contributed by atoms with Crippen molar-refractivity contribution in [2.24, 2.45) is 18.0 Å². The Bertz CT molecular complexity index is 780. The summed E-state index contributed by atoms with van der Waals surface area (Å²) < 4.78 is 1.99. The van der Waals surface area contributed by atoms with Gasteiger partial charge in [-0.3, -0.25) is 4.90 Å². The third-order valence-corrected chi connectivity index (χ3v) is 6.81. The van der Waals surface area contributed by atoms with E-state index >= 15 is 0 Å². The number of hydrogen-bond acceptors (Lipinski definition) is 5. The first-order valence-corrected chi connectivity index (χ1v) is 12.1. The Kier molecular flexibility index (Phi) is 11.2. The van der Waals surface area contributed by atoms with Gasteiger partial charge in [-0.2, -0.15) is 0 Å². The van der Waals surface area contributed by atoms with E-state index in [0.29, 0.717) is 18.5 Å². The predicted octanol–water partition coefficient (Wildman–Crippen LogP) is 3.94. The summed E-state index contributed by atoms with van der Waals surface area (Å²) in [7, 11) is 1.99. The monoisotopic (exact) mass is 559 g/mol. The molecule has 0 aromatic carbocycles. The highest BCUT2D eigenvalue weighted by Crippen LogP contribution is 2.17. The van der Waals surface area contributed by atoms with Crippen LogP contribution in [0, 0.1) is 12.8 Å². The van der Waals surface area contributed by atoms with E-state index in [1.54, 1.807) is 11.3 Å². The van der Waals surface area contributed by atoms with E-state index in [9.17, 15) is 0 Å². The van der Waals surface area contributed by atoms with Crippen molar-refractivity contribution in [2.45, 2.75) is 65.6 Å². The van der Waals surface area contributed by atoms with E-state index < -0.39 is 0 Å². The Morgan fingerprint density at radius 2 is 1.90 bits per heavy atom. The number of guanidine groups is 1. The van der Waals surface area contributed by atoms with Gasteiger partial charge in [0.2, 0.25) is 0 Å². The quantitative estimate of drug-likeness (QED) is 0.292.